The van der Waals surface area contributed by atoms with Crippen molar-refractivity contribution in [3.63, 3.8) is 0 Å². The van der Waals surface area contributed by atoms with Crippen molar-refractivity contribution >= 4 is 0 Å². The standard InChI is InChI=1S/C3H9N3.C2H7NO/c1-2-4-6-5-3-1;3-1-2-4/h4-6H,1-3H2;4H,1-3H2. The molecule has 1 aliphatic heterocycles. The van der Waals surface area contributed by atoms with Crippen molar-refractivity contribution < 1.29 is 5.11 Å². The van der Waals surface area contributed by atoms with Gasteiger partial charge in [0.1, 0.15) is 0 Å². The summed E-state index contributed by atoms with van der Waals surface area (Å²) in [6.07, 6.45) is 1.22. The van der Waals surface area contributed by atoms with E-state index in [0.29, 0.717) is 6.54 Å². The molecule has 0 saturated carbocycles. The van der Waals surface area contributed by atoms with Crippen LogP contribution in [0, 0.1) is 0 Å². The van der Waals surface area contributed by atoms with Crippen LogP contribution in [0.3, 0.4) is 0 Å². The number of rotatable bonds is 1. The Hall–Kier alpha value is -0.200. The highest BCUT2D eigenvalue weighted by Crippen LogP contribution is 1.71. The Kier molecular flexibility index (Phi) is 8.62. The second-order valence-corrected chi connectivity index (χ2v) is 1.84. The molecule has 6 N–H and O–H groups in total. The summed E-state index contributed by atoms with van der Waals surface area (Å²) in [6, 6.07) is 0. The van der Waals surface area contributed by atoms with Crippen LogP contribution in [-0.2, 0) is 0 Å². The highest BCUT2D eigenvalue weighted by molar-refractivity contribution is 4.47. The van der Waals surface area contributed by atoms with Crippen LogP contribution in [0.4, 0.5) is 0 Å². The van der Waals surface area contributed by atoms with E-state index in [-0.39, 0.29) is 6.61 Å². The van der Waals surface area contributed by atoms with Gasteiger partial charge in [-0.3, -0.25) is 0 Å². The van der Waals surface area contributed by atoms with Gasteiger partial charge in [0, 0.05) is 19.6 Å². The Labute approximate surface area is 60.9 Å². The summed E-state index contributed by atoms with van der Waals surface area (Å²) < 4.78 is 0. The molecular weight excluding hydrogens is 132 g/mol. The van der Waals surface area contributed by atoms with Gasteiger partial charge in [0.05, 0.1) is 6.61 Å². The summed E-state index contributed by atoms with van der Waals surface area (Å²) in [4.78, 5) is 0. The van der Waals surface area contributed by atoms with Crippen LogP contribution in [-0.4, -0.2) is 31.3 Å². The van der Waals surface area contributed by atoms with Gasteiger partial charge in [-0.15, -0.1) is 0 Å². The Morgan fingerprint density at radius 1 is 1.30 bits per heavy atom. The molecule has 0 aliphatic carbocycles. The van der Waals surface area contributed by atoms with E-state index in [0.717, 1.165) is 13.1 Å². The molecule has 0 spiro atoms. The topological polar surface area (TPSA) is 82.3 Å². The lowest BCUT2D eigenvalue weighted by atomic mass is 10.4. The lowest BCUT2D eigenvalue weighted by Crippen LogP contribution is -2.49. The van der Waals surface area contributed by atoms with Crippen LogP contribution in [0.25, 0.3) is 0 Å². The fourth-order valence-electron chi connectivity index (χ4n) is 0.453. The molecule has 5 nitrogen and oxygen atoms in total. The lowest BCUT2D eigenvalue weighted by molar-refractivity contribution is 0.306. The van der Waals surface area contributed by atoms with Crippen molar-refractivity contribution in [2.75, 3.05) is 26.2 Å². The number of hydrogen-bond donors (Lipinski definition) is 5. The third kappa shape index (κ3) is 7.80. The highest BCUT2D eigenvalue weighted by atomic mass is 16.3. The Balaban J connectivity index is 0.000000180. The second kappa shape index (κ2) is 8.80. The minimum Gasteiger partial charge on any atom is -0.395 e. The van der Waals surface area contributed by atoms with Gasteiger partial charge in [-0.05, 0) is 6.42 Å². The maximum Gasteiger partial charge on any atom is 0.0553 e. The van der Waals surface area contributed by atoms with Crippen LogP contribution >= 0.6 is 0 Å². The third-order valence-electron chi connectivity index (χ3n) is 0.909. The zero-order chi connectivity index (χ0) is 7.66. The van der Waals surface area contributed by atoms with E-state index in [9.17, 15) is 0 Å². The average molecular weight is 148 g/mol. The van der Waals surface area contributed by atoms with Crippen LogP contribution in [0.15, 0.2) is 0 Å². The number of aliphatic hydroxyl groups is 1. The molecule has 1 heterocycles. The van der Waals surface area contributed by atoms with Crippen LogP contribution in [0.2, 0.25) is 0 Å². The SMILES string of the molecule is C1CNNNC1.NCCO. The second-order valence-electron chi connectivity index (χ2n) is 1.84. The van der Waals surface area contributed by atoms with Gasteiger partial charge in [-0.25, -0.2) is 10.9 Å². The molecule has 1 saturated heterocycles. The smallest absolute Gasteiger partial charge is 0.0553 e. The molecule has 1 aliphatic rings. The van der Waals surface area contributed by atoms with E-state index in [4.69, 9.17) is 10.8 Å². The molecule has 1 rings (SSSR count). The molecule has 0 aromatic heterocycles. The van der Waals surface area contributed by atoms with Gasteiger partial charge < -0.3 is 10.8 Å². The summed E-state index contributed by atoms with van der Waals surface area (Å²) in [5, 5.41) is 7.75. The van der Waals surface area contributed by atoms with E-state index < -0.39 is 0 Å². The normalized spacial score (nSPS) is 17.4. The van der Waals surface area contributed by atoms with Crippen LogP contribution in [0.5, 0.6) is 0 Å². The maximum absolute atomic E-state index is 7.75. The molecule has 62 valence electrons. The zero-order valence-electron chi connectivity index (χ0n) is 6.06. The largest absolute Gasteiger partial charge is 0.395 e. The first-order valence-corrected chi connectivity index (χ1v) is 3.43. The van der Waals surface area contributed by atoms with E-state index in [2.05, 4.69) is 16.4 Å². The summed E-state index contributed by atoms with van der Waals surface area (Å²) >= 11 is 0. The molecule has 0 aromatic carbocycles. The van der Waals surface area contributed by atoms with E-state index in [1.165, 1.54) is 6.42 Å². The van der Waals surface area contributed by atoms with Crippen LogP contribution < -0.4 is 22.1 Å². The average Bonchev–Trinajstić information content (AvgIpc) is 2.08. The molecule has 0 aromatic rings. The van der Waals surface area contributed by atoms with Gasteiger partial charge in [0.2, 0.25) is 0 Å². The van der Waals surface area contributed by atoms with Gasteiger partial charge in [-0.1, -0.05) is 0 Å². The summed E-state index contributed by atoms with van der Waals surface area (Å²) in [6.45, 7) is 2.62. The summed E-state index contributed by atoms with van der Waals surface area (Å²) in [5.74, 6) is 0. The van der Waals surface area contributed by atoms with E-state index in [1.807, 2.05) is 0 Å². The summed E-state index contributed by atoms with van der Waals surface area (Å²) in [5.41, 5.74) is 13.4. The van der Waals surface area contributed by atoms with Crippen molar-refractivity contribution in [1.29, 1.82) is 0 Å². The quantitative estimate of drug-likeness (QED) is 0.295. The van der Waals surface area contributed by atoms with Crippen molar-refractivity contribution in [3.8, 4) is 0 Å². The molecular formula is C5H16N4O. The predicted molar refractivity (Wildman–Crippen MR) is 39.9 cm³/mol. The molecule has 0 amide bonds. The molecule has 0 unspecified atom stereocenters. The number of hydrogen-bond acceptors (Lipinski definition) is 5. The third-order valence-corrected chi connectivity index (χ3v) is 0.909. The van der Waals surface area contributed by atoms with Crippen molar-refractivity contribution in [1.82, 2.24) is 16.4 Å². The minimum atomic E-state index is 0.0972. The van der Waals surface area contributed by atoms with Gasteiger partial charge in [0.25, 0.3) is 0 Å². The van der Waals surface area contributed by atoms with Crippen molar-refractivity contribution in [2.24, 2.45) is 5.73 Å². The predicted octanol–water partition coefficient (Wildman–Crippen LogP) is -2.07. The zero-order valence-corrected chi connectivity index (χ0v) is 6.06. The van der Waals surface area contributed by atoms with Crippen LogP contribution in [0.1, 0.15) is 6.42 Å². The number of nitrogens with one attached hydrogen (secondary N) is 3. The Morgan fingerprint density at radius 3 is 1.90 bits per heavy atom. The molecule has 1 fully saturated rings. The highest BCUT2D eigenvalue weighted by Gasteiger charge is 1.90. The lowest BCUT2D eigenvalue weighted by Gasteiger charge is -2.12. The Bertz CT molecular complexity index is 44.1. The number of aliphatic hydroxyl groups excluding tert-OH is 1. The van der Waals surface area contributed by atoms with Crippen molar-refractivity contribution in [3.05, 3.63) is 0 Å². The minimum absolute atomic E-state index is 0.0972. The molecule has 10 heavy (non-hydrogen) atoms. The van der Waals surface area contributed by atoms with E-state index in [1.54, 1.807) is 0 Å². The fourth-order valence-corrected chi connectivity index (χ4v) is 0.453. The molecule has 0 bridgehead atoms. The number of nitrogens with two attached hydrogens (primary N) is 1. The van der Waals surface area contributed by atoms with Gasteiger partial charge >= 0.3 is 0 Å². The molecule has 0 radical (unpaired) electrons. The fraction of sp³-hybridized carbons (Fsp3) is 1.00. The number of hydrazine groups is 2. The Morgan fingerprint density at radius 2 is 1.80 bits per heavy atom. The monoisotopic (exact) mass is 148 g/mol. The summed E-state index contributed by atoms with van der Waals surface area (Å²) in [7, 11) is 0. The van der Waals surface area contributed by atoms with E-state index >= 15 is 0 Å². The molecule has 5 heteroatoms. The first-order valence-electron chi connectivity index (χ1n) is 3.43. The first kappa shape index (κ1) is 9.80. The van der Waals surface area contributed by atoms with Gasteiger partial charge in [0.15, 0.2) is 0 Å². The maximum atomic E-state index is 7.75. The van der Waals surface area contributed by atoms with Crippen molar-refractivity contribution in [2.45, 2.75) is 6.42 Å². The van der Waals surface area contributed by atoms with Gasteiger partial charge in [-0.2, -0.15) is 5.53 Å². The first-order chi connectivity index (χ1) is 4.91. The molecule has 0 atom stereocenters.